The number of phenolic OH excluding ortho intramolecular Hbond substituents is 2. The van der Waals surface area contributed by atoms with E-state index in [1.807, 2.05) is 0 Å². The summed E-state index contributed by atoms with van der Waals surface area (Å²) >= 11 is 0. The quantitative estimate of drug-likeness (QED) is 0.657. The van der Waals surface area contributed by atoms with Crippen LogP contribution in [-0.2, 0) is 23.1 Å². The number of rotatable bonds is 2. The van der Waals surface area contributed by atoms with Crippen molar-refractivity contribution in [2.75, 3.05) is 5.32 Å². The number of fused-ring (bicyclic) bond motifs is 3. The van der Waals surface area contributed by atoms with E-state index in [-0.39, 0.29) is 17.4 Å². The Bertz CT molecular complexity index is 1010. The first-order valence-electron chi connectivity index (χ1n) is 9.02. The molecule has 0 saturated heterocycles. The van der Waals surface area contributed by atoms with Crippen LogP contribution in [0.25, 0.3) is 0 Å². The summed E-state index contributed by atoms with van der Waals surface area (Å²) in [6.07, 6.45) is 4.69. The molecule has 3 N–H and O–H groups in total. The van der Waals surface area contributed by atoms with Gasteiger partial charge in [-0.05, 0) is 60.2 Å². The molecule has 1 aliphatic carbocycles. The highest BCUT2D eigenvalue weighted by molar-refractivity contribution is 6.12. The van der Waals surface area contributed by atoms with E-state index in [0.29, 0.717) is 0 Å². The van der Waals surface area contributed by atoms with E-state index in [1.54, 1.807) is 54.7 Å². The van der Waals surface area contributed by atoms with Crippen molar-refractivity contribution in [3.8, 4) is 11.5 Å². The van der Waals surface area contributed by atoms with Crippen molar-refractivity contribution in [1.29, 1.82) is 0 Å². The van der Waals surface area contributed by atoms with Gasteiger partial charge in [0.05, 0.1) is 5.69 Å². The third-order valence-electron chi connectivity index (χ3n) is 5.69. The largest absolute Gasteiger partial charge is 0.508 e. The Hall–Kier alpha value is -3.34. The van der Waals surface area contributed by atoms with Crippen LogP contribution in [0.4, 0.5) is 5.69 Å². The van der Waals surface area contributed by atoms with E-state index in [4.69, 9.17) is 0 Å². The molecule has 0 bridgehead atoms. The van der Waals surface area contributed by atoms with Crippen LogP contribution < -0.4 is 5.32 Å². The van der Waals surface area contributed by atoms with Crippen LogP contribution in [0.3, 0.4) is 0 Å². The molecule has 0 unspecified atom stereocenters. The lowest BCUT2D eigenvalue weighted by Crippen LogP contribution is -2.37. The molecule has 5 rings (SSSR count). The van der Waals surface area contributed by atoms with Crippen molar-refractivity contribution in [2.45, 2.75) is 24.7 Å². The number of amides is 1. The summed E-state index contributed by atoms with van der Waals surface area (Å²) in [4.78, 5) is 18.1. The highest BCUT2D eigenvalue weighted by Gasteiger charge is 2.51. The van der Waals surface area contributed by atoms with E-state index in [2.05, 4.69) is 10.3 Å². The van der Waals surface area contributed by atoms with Gasteiger partial charge in [-0.1, -0.05) is 24.3 Å². The molecule has 1 amide bonds. The van der Waals surface area contributed by atoms with E-state index in [1.165, 1.54) is 0 Å². The van der Waals surface area contributed by atoms with E-state index in [9.17, 15) is 15.0 Å². The van der Waals surface area contributed by atoms with Gasteiger partial charge in [0, 0.05) is 17.5 Å². The van der Waals surface area contributed by atoms with Crippen LogP contribution in [0.2, 0.25) is 0 Å². The first-order valence-corrected chi connectivity index (χ1v) is 9.02. The molecule has 0 atom stereocenters. The van der Waals surface area contributed by atoms with Crippen molar-refractivity contribution < 1.29 is 15.0 Å². The van der Waals surface area contributed by atoms with Crippen molar-refractivity contribution >= 4 is 11.6 Å². The third kappa shape index (κ3) is 2.11. The first-order chi connectivity index (χ1) is 13.1. The van der Waals surface area contributed by atoms with Crippen LogP contribution in [0.5, 0.6) is 11.5 Å². The van der Waals surface area contributed by atoms with Crippen molar-refractivity contribution in [2.24, 2.45) is 0 Å². The van der Waals surface area contributed by atoms with Gasteiger partial charge >= 0.3 is 0 Å². The number of nitrogens with zero attached hydrogens (tertiary/aromatic N) is 1. The average molecular weight is 358 g/mol. The van der Waals surface area contributed by atoms with E-state index >= 15 is 0 Å². The minimum absolute atomic E-state index is 0.143. The number of nitrogens with one attached hydrogen (secondary N) is 1. The van der Waals surface area contributed by atoms with Gasteiger partial charge in [0.25, 0.3) is 0 Å². The van der Waals surface area contributed by atoms with Crippen LogP contribution in [0, 0.1) is 0 Å². The zero-order chi connectivity index (χ0) is 18.6. The number of aromatic hydroxyl groups is 2. The fourth-order valence-corrected chi connectivity index (χ4v) is 4.43. The summed E-state index contributed by atoms with van der Waals surface area (Å²) in [7, 11) is 0. The predicted octanol–water partition coefficient (Wildman–Crippen LogP) is 3.27. The molecule has 5 heteroatoms. The Kier molecular flexibility index (Phi) is 3.28. The van der Waals surface area contributed by atoms with Crippen LogP contribution >= 0.6 is 0 Å². The highest BCUT2D eigenvalue weighted by Crippen LogP contribution is 2.50. The number of phenols is 2. The maximum Gasteiger partial charge on any atom is 0.244 e. The molecule has 1 aromatic heterocycles. The number of pyridine rings is 1. The van der Waals surface area contributed by atoms with E-state index < -0.39 is 5.41 Å². The van der Waals surface area contributed by atoms with Gasteiger partial charge in [0.15, 0.2) is 0 Å². The topological polar surface area (TPSA) is 82.5 Å². The normalized spacial score (nSPS) is 16.7. The van der Waals surface area contributed by atoms with Gasteiger partial charge in [-0.25, -0.2) is 0 Å². The molecule has 1 aliphatic heterocycles. The maximum atomic E-state index is 13.5. The lowest BCUT2D eigenvalue weighted by molar-refractivity contribution is -0.118. The third-order valence-corrected chi connectivity index (χ3v) is 5.69. The van der Waals surface area contributed by atoms with Crippen molar-refractivity contribution in [1.82, 2.24) is 4.98 Å². The summed E-state index contributed by atoms with van der Waals surface area (Å²) < 4.78 is 0. The molecule has 134 valence electrons. The van der Waals surface area contributed by atoms with Crippen LogP contribution in [-0.4, -0.2) is 21.1 Å². The van der Waals surface area contributed by atoms with Gasteiger partial charge in [0.2, 0.25) is 5.91 Å². The molecule has 0 spiro atoms. The highest BCUT2D eigenvalue weighted by atomic mass is 16.3. The smallest absolute Gasteiger partial charge is 0.244 e. The molecule has 2 aliphatic rings. The molecule has 0 saturated carbocycles. The van der Waals surface area contributed by atoms with Gasteiger partial charge in [-0.3, -0.25) is 9.78 Å². The van der Waals surface area contributed by atoms with Gasteiger partial charge in [-0.15, -0.1) is 0 Å². The summed E-state index contributed by atoms with van der Waals surface area (Å²) in [6.45, 7) is 0. The number of hydrogen-bond donors (Lipinski definition) is 3. The molecule has 2 heterocycles. The molecule has 27 heavy (non-hydrogen) atoms. The Morgan fingerprint density at radius 2 is 1.48 bits per heavy atom. The van der Waals surface area contributed by atoms with Crippen molar-refractivity contribution in [3.63, 3.8) is 0 Å². The average Bonchev–Trinajstić information content (AvgIpc) is 3.25. The second-order valence-electron chi connectivity index (χ2n) is 7.12. The second-order valence-corrected chi connectivity index (χ2v) is 7.12. The summed E-state index contributed by atoms with van der Waals surface area (Å²) in [5, 5.41) is 22.6. The molecule has 3 aromatic rings. The molecular weight excluding hydrogens is 340 g/mol. The van der Waals surface area contributed by atoms with Gasteiger partial charge < -0.3 is 15.5 Å². The van der Waals surface area contributed by atoms with Crippen LogP contribution in [0.15, 0.2) is 54.7 Å². The number of aromatic nitrogens is 1. The Labute approximate surface area is 156 Å². The number of aryl methyl sites for hydroxylation is 1. The standard InChI is InChI=1S/C22H18N2O3/c25-15-8-4-13(5-9-15)22(14-6-10-16(26)11-7-14)18-12-23-19-3-1-2-17(19)20(18)24-21(22)27/h4-12,25-26H,1-3H2,(H,24,27). The molecule has 5 nitrogen and oxygen atoms in total. The van der Waals surface area contributed by atoms with Crippen LogP contribution in [0.1, 0.15) is 34.4 Å². The Morgan fingerprint density at radius 3 is 2.07 bits per heavy atom. The Balaban J connectivity index is 1.84. The zero-order valence-corrected chi connectivity index (χ0v) is 14.6. The Morgan fingerprint density at radius 1 is 0.889 bits per heavy atom. The number of benzene rings is 2. The number of carbonyl (C=O) groups excluding carboxylic acids is 1. The molecular formula is C22H18N2O3. The van der Waals surface area contributed by atoms with Gasteiger partial charge in [0.1, 0.15) is 16.9 Å². The molecule has 0 fully saturated rings. The predicted molar refractivity (Wildman–Crippen MR) is 101 cm³/mol. The summed E-state index contributed by atoms with van der Waals surface area (Å²) in [5.41, 5.74) is 4.31. The van der Waals surface area contributed by atoms with Gasteiger partial charge in [-0.2, -0.15) is 0 Å². The zero-order valence-electron chi connectivity index (χ0n) is 14.6. The fraction of sp³-hybridized carbons (Fsp3) is 0.182. The minimum atomic E-state index is -1.07. The summed E-state index contributed by atoms with van der Waals surface area (Å²) in [6, 6.07) is 13.4. The molecule has 2 aromatic carbocycles. The summed E-state index contributed by atoms with van der Waals surface area (Å²) in [5.74, 6) is 0.145. The number of anilines is 1. The minimum Gasteiger partial charge on any atom is -0.508 e. The number of carbonyl (C=O) groups is 1. The van der Waals surface area contributed by atoms with Crippen molar-refractivity contribution in [3.05, 3.63) is 82.7 Å². The maximum absolute atomic E-state index is 13.5. The first kappa shape index (κ1) is 15.9. The SMILES string of the molecule is O=C1Nc2c(cnc3c2CCC3)C1(c1ccc(O)cc1)c1ccc(O)cc1. The lowest BCUT2D eigenvalue weighted by Gasteiger charge is -2.29. The number of hydrogen-bond acceptors (Lipinski definition) is 4. The molecule has 0 radical (unpaired) electrons. The lowest BCUT2D eigenvalue weighted by atomic mass is 9.70. The monoisotopic (exact) mass is 358 g/mol. The fourth-order valence-electron chi connectivity index (χ4n) is 4.43. The van der Waals surface area contributed by atoms with E-state index in [0.717, 1.165) is 52.9 Å². The second kappa shape index (κ2) is 5.58.